The summed E-state index contributed by atoms with van der Waals surface area (Å²) in [6.45, 7) is 4.44. The lowest BCUT2D eigenvalue weighted by atomic mass is 9.95. The molecule has 3 heterocycles. The minimum absolute atomic E-state index is 0.00839. The van der Waals surface area contributed by atoms with Crippen molar-refractivity contribution in [2.45, 2.75) is 37.5 Å². The fourth-order valence-electron chi connectivity index (χ4n) is 5.03. The van der Waals surface area contributed by atoms with Gasteiger partial charge in [0.15, 0.2) is 5.84 Å². The number of amides is 2. The summed E-state index contributed by atoms with van der Waals surface area (Å²) in [6.07, 6.45) is 3.51. The van der Waals surface area contributed by atoms with Crippen molar-refractivity contribution >= 4 is 33.4 Å². The lowest BCUT2D eigenvalue weighted by Gasteiger charge is -2.33. The molecule has 9 heteroatoms. The largest absolute Gasteiger partial charge is 0.355 e. The van der Waals surface area contributed by atoms with Gasteiger partial charge in [-0.25, -0.2) is 0 Å². The van der Waals surface area contributed by atoms with Crippen molar-refractivity contribution in [1.29, 1.82) is 0 Å². The number of fused-ring (bicyclic) bond motifs is 1. The summed E-state index contributed by atoms with van der Waals surface area (Å²) in [4.78, 5) is 30.1. The SMILES string of the molecule is Cc1c(NC(=O)C2CCCN(C3=NS(=O)(=O)c4ccccc43)C2)cccc1C(=O)N1CCCC1. The smallest absolute Gasteiger partial charge is 0.285 e. The second-order valence-corrected chi connectivity index (χ2v) is 10.7. The van der Waals surface area contributed by atoms with Crippen LogP contribution < -0.4 is 5.32 Å². The highest BCUT2D eigenvalue weighted by Crippen LogP contribution is 2.30. The third kappa shape index (κ3) is 4.09. The van der Waals surface area contributed by atoms with E-state index in [1.165, 1.54) is 0 Å². The van der Waals surface area contributed by atoms with Crippen LogP contribution in [0.3, 0.4) is 0 Å². The number of carbonyl (C=O) groups is 2. The first-order chi connectivity index (χ1) is 16.3. The monoisotopic (exact) mass is 480 g/mol. The van der Waals surface area contributed by atoms with Gasteiger partial charge in [-0.2, -0.15) is 8.42 Å². The Bertz CT molecular complexity index is 1280. The Morgan fingerprint density at radius 1 is 1.00 bits per heavy atom. The second kappa shape index (κ2) is 8.87. The molecule has 2 amide bonds. The van der Waals surface area contributed by atoms with Crippen LogP contribution in [0, 0.1) is 12.8 Å². The van der Waals surface area contributed by atoms with Crippen molar-refractivity contribution in [3.8, 4) is 0 Å². The average molecular weight is 481 g/mol. The predicted octanol–water partition coefficient (Wildman–Crippen LogP) is 3.03. The molecule has 0 aliphatic carbocycles. The number of nitrogens with zero attached hydrogens (tertiary/aromatic N) is 3. The van der Waals surface area contributed by atoms with Crippen LogP contribution in [-0.4, -0.2) is 62.0 Å². The summed E-state index contributed by atoms with van der Waals surface area (Å²) in [6, 6.07) is 12.2. The number of amidine groups is 1. The summed E-state index contributed by atoms with van der Waals surface area (Å²) in [5.41, 5.74) is 2.61. The molecule has 1 atom stereocenters. The van der Waals surface area contributed by atoms with Crippen LogP contribution in [0.15, 0.2) is 51.8 Å². The first-order valence-corrected chi connectivity index (χ1v) is 13.2. The molecule has 3 aliphatic heterocycles. The molecule has 34 heavy (non-hydrogen) atoms. The first kappa shape index (κ1) is 22.6. The zero-order valence-electron chi connectivity index (χ0n) is 19.2. The molecule has 1 N–H and O–H groups in total. The van der Waals surface area contributed by atoms with E-state index in [0.29, 0.717) is 42.2 Å². The molecule has 0 bridgehead atoms. The fourth-order valence-corrected chi connectivity index (χ4v) is 6.26. The van der Waals surface area contributed by atoms with Gasteiger partial charge in [0.2, 0.25) is 5.91 Å². The highest BCUT2D eigenvalue weighted by atomic mass is 32.2. The highest BCUT2D eigenvalue weighted by Gasteiger charge is 2.35. The second-order valence-electron chi connectivity index (χ2n) is 9.14. The van der Waals surface area contributed by atoms with Gasteiger partial charge >= 0.3 is 0 Å². The molecule has 0 spiro atoms. The number of hydrogen-bond donors (Lipinski definition) is 1. The fraction of sp³-hybridized carbons (Fsp3) is 0.400. The lowest BCUT2D eigenvalue weighted by molar-refractivity contribution is -0.121. The van der Waals surface area contributed by atoms with Gasteiger partial charge in [0.25, 0.3) is 15.9 Å². The van der Waals surface area contributed by atoms with E-state index in [9.17, 15) is 18.0 Å². The quantitative estimate of drug-likeness (QED) is 0.728. The minimum Gasteiger partial charge on any atom is -0.355 e. The molecule has 2 aromatic carbocycles. The van der Waals surface area contributed by atoms with Crippen molar-refractivity contribution in [2.75, 3.05) is 31.5 Å². The summed E-state index contributed by atoms with van der Waals surface area (Å²) in [5, 5.41) is 3.02. The van der Waals surface area contributed by atoms with E-state index in [4.69, 9.17) is 0 Å². The van der Waals surface area contributed by atoms with Crippen LogP contribution >= 0.6 is 0 Å². The van der Waals surface area contributed by atoms with E-state index in [2.05, 4.69) is 9.71 Å². The van der Waals surface area contributed by atoms with E-state index in [0.717, 1.165) is 37.9 Å². The number of anilines is 1. The number of rotatable bonds is 3. The number of nitrogens with one attached hydrogen (secondary N) is 1. The predicted molar refractivity (Wildman–Crippen MR) is 129 cm³/mol. The maximum absolute atomic E-state index is 13.2. The Hall–Kier alpha value is -3.20. The standard InChI is InChI=1S/C25H28N4O4S/c1-17-19(25(31)28-13-4-5-14-28)10-6-11-21(17)26-24(30)18-8-7-15-29(16-18)23-20-9-2-3-12-22(20)34(32,33)27-23/h2-3,6,9-12,18H,4-5,7-8,13-16H2,1H3,(H,26,30). The van der Waals surface area contributed by atoms with Crippen LogP contribution in [0.1, 0.15) is 47.2 Å². The van der Waals surface area contributed by atoms with E-state index in [-0.39, 0.29) is 22.6 Å². The Morgan fingerprint density at radius 2 is 1.76 bits per heavy atom. The van der Waals surface area contributed by atoms with E-state index < -0.39 is 10.0 Å². The zero-order chi connectivity index (χ0) is 23.9. The van der Waals surface area contributed by atoms with Crippen molar-refractivity contribution < 1.29 is 18.0 Å². The Kier molecular flexibility index (Phi) is 5.89. The van der Waals surface area contributed by atoms with Crippen LogP contribution in [0.5, 0.6) is 0 Å². The third-order valence-corrected chi connectivity index (χ3v) is 8.24. The summed E-state index contributed by atoms with van der Waals surface area (Å²) in [7, 11) is -3.71. The van der Waals surface area contributed by atoms with Gasteiger partial charge in [-0.15, -0.1) is 4.40 Å². The Labute approximate surface area is 199 Å². The number of carbonyl (C=O) groups excluding carboxylic acids is 2. The van der Waals surface area contributed by atoms with Gasteiger partial charge in [0.1, 0.15) is 4.90 Å². The Morgan fingerprint density at radius 3 is 2.56 bits per heavy atom. The molecule has 3 aliphatic rings. The summed E-state index contributed by atoms with van der Waals surface area (Å²) >= 11 is 0. The normalized spacial score (nSPS) is 21.2. The summed E-state index contributed by atoms with van der Waals surface area (Å²) < 4.78 is 28.9. The number of hydrogen-bond acceptors (Lipinski definition) is 5. The first-order valence-electron chi connectivity index (χ1n) is 11.7. The van der Waals surface area contributed by atoms with Gasteiger partial charge in [-0.1, -0.05) is 18.2 Å². The van der Waals surface area contributed by atoms with Gasteiger partial charge in [0, 0.05) is 43.0 Å². The molecular weight excluding hydrogens is 452 g/mol. The van der Waals surface area contributed by atoms with Crippen LogP contribution in [0.2, 0.25) is 0 Å². The molecular formula is C25H28N4O4S. The van der Waals surface area contributed by atoms with Crippen molar-refractivity contribution in [3.63, 3.8) is 0 Å². The van der Waals surface area contributed by atoms with Gasteiger partial charge in [-0.05, 0) is 62.4 Å². The topological polar surface area (TPSA) is 99.1 Å². The summed E-state index contributed by atoms with van der Waals surface area (Å²) in [5.74, 6) is -0.0193. The molecule has 178 valence electrons. The molecule has 0 aromatic heterocycles. The van der Waals surface area contributed by atoms with E-state index in [1.54, 1.807) is 30.3 Å². The van der Waals surface area contributed by atoms with Gasteiger partial charge in [0.05, 0.1) is 5.92 Å². The molecule has 2 fully saturated rings. The third-order valence-electron chi connectivity index (χ3n) is 6.92. The maximum atomic E-state index is 13.2. The molecule has 5 rings (SSSR count). The highest BCUT2D eigenvalue weighted by molar-refractivity contribution is 7.90. The van der Waals surface area contributed by atoms with Crippen molar-refractivity contribution in [2.24, 2.45) is 10.3 Å². The van der Waals surface area contributed by atoms with Gasteiger partial charge < -0.3 is 15.1 Å². The Balaban J connectivity index is 1.32. The van der Waals surface area contributed by atoms with Crippen molar-refractivity contribution in [1.82, 2.24) is 9.80 Å². The molecule has 0 radical (unpaired) electrons. The van der Waals surface area contributed by atoms with E-state index in [1.807, 2.05) is 28.9 Å². The minimum atomic E-state index is -3.71. The average Bonchev–Trinajstić information content (AvgIpc) is 3.47. The zero-order valence-corrected chi connectivity index (χ0v) is 20.0. The molecule has 8 nitrogen and oxygen atoms in total. The van der Waals surface area contributed by atoms with Crippen molar-refractivity contribution in [3.05, 3.63) is 59.2 Å². The van der Waals surface area contributed by atoms with Crippen LogP contribution in [-0.2, 0) is 14.8 Å². The number of likely N-dealkylation sites (tertiary alicyclic amines) is 2. The maximum Gasteiger partial charge on any atom is 0.285 e. The number of piperidine rings is 1. The molecule has 1 unspecified atom stereocenters. The van der Waals surface area contributed by atoms with E-state index >= 15 is 0 Å². The molecule has 0 saturated carbocycles. The molecule has 2 aromatic rings. The van der Waals surface area contributed by atoms with Crippen LogP contribution in [0.25, 0.3) is 0 Å². The molecule has 2 saturated heterocycles. The van der Waals surface area contributed by atoms with Gasteiger partial charge in [-0.3, -0.25) is 9.59 Å². The van der Waals surface area contributed by atoms with Crippen LogP contribution in [0.4, 0.5) is 5.69 Å². The number of benzene rings is 2. The number of sulfonamides is 1. The lowest BCUT2D eigenvalue weighted by Crippen LogP contribution is -2.43.